The number of hydrogen-bond donors (Lipinski definition) is 0. The van der Waals surface area contributed by atoms with Gasteiger partial charge >= 0.3 is 0 Å². The second-order valence-corrected chi connectivity index (χ2v) is 10.3. The number of hydrogen-bond acceptors (Lipinski definition) is 4. The summed E-state index contributed by atoms with van der Waals surface area (Å²) in [7, 11) is -0.745. The number of methoxy groups -OCH3 is 1. The third-order valence-corrected chi connectivity index (χ3v) is 7.72. The monoisotopic (exact) mass is 500 g/mol. The quantitative estimate of drug-likeness (QED) is 0.310. The van der Waals surface area contributed by atoms with E-state index in [9.17, 15) is 13.2 Å². The van der Waals surface area contributed by atoms with Crippen molar-refractivity contribution in [3.63, 3.8) is 0 Å². The number of benzene rings is 4. The average molecular weight is 501 g/mol. The van der Waals surface area contributed by atoms with Crippen LogP contribution in [0, 0.1) is 0 Å². The first kappa shape index (κ1) is 25.0. The molecule has 0 aliphatic heterocycles. The maximum Gasteiger partial charge on any atom is 0.264 e. The lowest BCUT2D eigenvalue weighted by molar-refractivity contribution is 0.0730. The Labute approximate surface area is 212 Å². The van der Waals surface area contributed by atoms with E-state index in [-0.39, 0.29) is 10.8 Å². The molecule has 0 saturated carbocycles. The van der Waals surface area contributed by atoms with Crippen molar-refractivity contribution in [2.45, 2.75) is 18.0 Å². The molecule has 0 spiro atoms. The summed E-state index contributed by atoms with van der Waals surface area (Å²) in [6.45, 7) is 0.921. The lowest BCUT2D eigenvalue weighted by atomic mass is 10.1. The summed E-state index contributed by atoms with van der Waals surface area (Å²) in [4.78, 5) is 15.4. The molecule has 6 nitrogen and oxygen atoms in total. The van der Waals surface area contributed by atoms with Gasteiger partial charge in [0.2, 0.25) is 0 Å². The summed E-state index contributed by atoms with van der Waals surface area (Å²) >= 11 is 0. The number of nitrogens with zero attached hydrogens (tertiary/aromatic N) is 2. The van der Waals surface area contributed by atoms with Crippen molar-refractivity contribution in [2.24, 2.45) is 0 Å². The maximum atomic E-state index is 13.5. The van der Waals surface area contributed by atoms with E-state index in [1.807, 2.05) is 60.7 Å². The molecule has 0 unspecified atom stereocenters. The number of ether oxygens (including phenoxy) is 1. The zero-order valence-corrected chi connectivity index (χ0v) is 21.1. The van der Waals surface area contributed by atoms with Crippen molar-refractivity contribution < 1.29 is 17.9 Å². The smallest absolute Gasteiger partial charge is 0.264 e. The van der Waals surface area contributed by atoms with Crippen LogP contribution >= 0.6 is 0 Å². The van der Waals surface area contributed by atoms with Crippen molar-refractivity contribution in [3.8, 4) is 5.75 Å². The number of carbonyl (C=O) groups is 1. The fourth-order valence-corrected chi connectivity index (χ4v) is 5.04. The predicted octanol–water partition coefficient (Wildman–Crippen LogP) is 5.36. The van der Waals surface area contributed by atoms with E-state index in [1.165, 1.54) is 30.6 Å². The van der Waals surface area contributed by atoms with Crippen LogP contribution in [0.4, 0.5) is 5.69 Å². The van der Waals surface area contributed by atoms with E-state index in [1.54, 1.807) is 41.3 Å². The average Bonchev–Trinajstić information content (AvgIpc) is 2.93. The maximum absolute atomic E-state index is 13.5. The van der Waals surface area contributed by atoms with E-state index in [2.05, 4.69) is 0 Å². The van der Waals surface area contributed by atoms with Gasteiger partial charge in [-0.2, -0.15) is 0 Å². The van der Waals surface area contributed by atoms with Gasteiger partial charge in [-0.25, -0.2) is 8.42 Å². The number of amides is 1. The van der Waals surface area contributed by atoms with Gasteiger partial charge in [-0.05, 0) is 59.7 Å². The van der Waals surface area contributed by atoms with Crippen LogP contribution < -0.4 is 9.04 Å². The molecule has 1 amide bonds. The largest absolute Gasteiger partial charge is 0.497 e. The Balaban J connectivity index is 1.55. The molecule has 0 radical (unpaired) electrons. The number of sulfonamides is 1. The molecule has 4 aromatic rings. The third kappa shape index (κ3) is 5.75. The molecule has 184 valence electrons. The molecule has 0 N–H and O–H groups in total. The molecule has 36 heavy (non-hydrogen) atoms. The van der Waals surface area contributed by atoms with Crippen LogP contribution in [0.5, 0.6) is 5.75 Å². The number of rotatable bonds is 9. The first-order valence-corrected chi connectivity index (χ1v) is 12.9. The van der Waals surface area contributed by atoms with Crippen LogP contribution in [0.15, 0.2) is 114 Å². The minimum absolute atomic E-state index is 0.130. The number of carbonyl (C=O) groups excluding carboxylic acids is 1. The molecule has 4 rings (SSSR count). The van der Waals surface area contributed by atoms with Gasteiger partial charge in [-0.1, -0.05) is 60.7 Å². The summed E-state index contributed by atoms with van der Waals surface area (Å²) in [5.74, 6) is 0.449. The Morgan fingerprint density at radius 1 is 0.722 bits per heavy atom. The minimum atomic E-state index is -3.77. The van der Waals surface area contributed by atoms with Crippen LogP contribution in [-0.4, -0.2) is 33.4 Å². The zero-order chi connectivity index (χ0) is 25.5. The van der Waals surface area contributed by atoms with Gasteiger partial charge in [-0.3, -0.25) is 9.10 Å². The van der Waals surface area contributed by atoms with Crippen molar-refractivity contribution in [3.05, 3.63) is 126 Å². The highest BCUT2D eigenvalue weighted by molar-refractivity contribution is 7.92. The zero-order valence-electron chi connectivity index (χ0n) is 20.2. The molecule has 0 bridgehead atoms. The minimum Gasteiger partial charge on any atom is -0.497 e. The first-order valence-electron chi connectivity index (χ1n) is 11.5. The summed E-state index contributed by atoms with van der Waals surface area (Å²) in [5.41, 5.74) is 3.01. The van der Waals surface area contributed by atoms with Crippen LogP contribution in [0.3, 0.4) is 0 Å². The summed E-state index contributed by atoms with van der Waals surface area (Å²) in [6, 6.07) is 32.5. The van der Waals surface area contributed by atoms with Gasteiger partial charge in [0, 0.05) is 25.7 Å². The SMILES string of the molecule is COc1ccc(S(=O)(=O)N(C)c2ccc(C(=O)N(Cc3ccccc3)Cc3ccccc3)cc2)cc1. The Morgan fingerprint density at radius 2 is 1.22 bits per heavy atom. The van der Waals surface area contributed by atoms with Crippen LogP contribution in [-0.2, 0) is 23.1 Å². The summed E-state index contributed by atoms with van der Waals surface area (Å²) in [6.07, 6.45) is 0. The standard InChI is InChI=1S/C29H28N2O4S/c1-30(36(33,34)28-19-17-27(35-2)18-20-28)26-15-13-25(14-16-26)29(32)31(21-23-9-5-3-6-10-23)22-24-11-7-4-8-12-24/h3-20H,21-22H2,1-2H3. The second kappa shape index (κ2) is 11.1. The highest BCUT2D eigenvalue weighted by atomic mass is 32.2. The van der Waals surface area contributed by atoms with Gasteiger partial charge in [0.25, 0.3) is 15.9 Å². The Bertz CT molecular complexity index is 1350. The molecule has 0 heterocycles. The summed E-state index contributed by atoms with van der Waals surface area (Å²) < 4.78 is 32.5. The Hall–Kier alpha value is -4.10. The van der Waals surface area contributed by atoms with Crippen molar-refractivity contribution >= 4 is 21.6 Å². The first-order chi connectivity index (χ1) is 17.4. The molecule has 0 saturated heterocycles. The summed E-state index contributed by atoms with van der Waals surface area (Å²) in [5, 5.41) is 0. The highest BCUT2D eigenvalue weighted by Crippen LogP contribution is 2.25. The highest BCUT2D eigenvalue weighted by Gasteiger charge is 2.22. The van der Waals surface area contributed by atoms with Gasteiger partial charge in [0.05, 0.1) is 17.7 Å². The van der Waals surface area contributed by atoms with Gasteiger partial charge in [-0.15, -0.1) is 0 Å². The van der Waals surface area contributed by atoms with Crippen molar-refractivity contribution in [1.82, 2.24) is 4.90 Å². The fourth-order valence-electron chi connectivity index (χ4n) is 3.85. The molecule has 0 fully saturated rings. The molecular formula is C29H28N2O4S. The van der Waals surface area contributed by atoms with E-state index >= 15 is 0 Å². The van der Waals surface area contributed by atoms with Crippen molar-refractivity contribution in [2.75, 3.05) is 18.5 Å². The lowest BCUT2D eigenvalue weighted by Crippen LogP contribution is -2.30. The molecule has 0 aliphatic carbocycles. The van der Waals surface area contributed by atoms with E-state index in [4.69, 9.17) is 4.74 Å². The van der Waals surface area contributed by atoms with Gasteiger partial charge < -0.3 is 9.64 Å². The molecule has 0 atom stereocenters. The molecular weight excluding hydrogens is 472 g/mol. The molecule has 0 aliphatic rings. The van der Waals surface area contributed by atoms with Crippen molar-refractivity contribution in [1.29, 1.82) is 0 Å². The van der Waals surface area contributed by atoms with Crippen LogP contribution in [0.2, 0.25) is 0 Å². The van der Waals surface area contributed by atoms with Crippen LogP contribution in [0.25, 0.3) is 0 Å². The predicted molar refractivity (Wildman–Crippen MR) is 141 cm³/mol. The van der Waals surface area contributed by atoms with E-state index < -0.39 is 10.0 Å². The molecule has 7 heteroatoms. The lowest BCUT2D eigenvalue weighted by Gasteiger charge is -2.24. The third-order valence-electron chi connectivity index (χ3n) is 5.92. The van der Waals surface area contributed by atoms with Gasteiger partial charge in [0.15, 0.2) is 0 Å². The fraction of sp³-hybridized carbons (Fsp3) is 0.138. The molecule has 0 aromatic heterocycles. The van der Waals surface area contributed by atoms with Gasteiger partial charge in [0.1, 0.15) is 5.75 Å². The Morgan fingerprint density at radius 3 is 1.69 bits per heavy atom. The van der Waals surface area contributed by atoms with E-state index in [0.717, 1.165) is 11.1 Å². The number of anilines is 1. The second-order valence-electron chi connectivity index (χ2n) is 8.33. The normalized spacial score (nSPS) is 11.1. The topological polar surface area (TPSA) is 66.9 Å². The Kier molecular flexibility index (Phi) is 7.71. The molecule has 4 aromatic carbocycles. The van der Waals surface area contributed by atoms with Crippen LogP contribution in [0.1, 0.15) is 21.5 Å². The van der Waals surface area contributed by atoms with E-state index in [0.29, 0.717) is 30.1 Å².